The Balaban J connectivity index is 1.38. The summed E-state index contributed by atoms with van der Waals surface area (Å²) >= 11 is 0. The third kappa shape index (κ3) is 5.23. The Morgan fingerprint density at radius 2 is 2.09 bits per heavy atom. The number of hydrogen-bond donors (Lipinski definition) is 3. The van der Waals surface area contributed by atoms with Crippen molar-refractivity contribution in [3.8, 4) is 0 Å². The van der Waals surface area contributed by atoms with Gasteiger partial charge in [-0.1, -0.05) is 24.3 Å². The van der Waals surface area contributed by atoms with E-state index in [0.717, 1.165) is 41.6 Å². The minimum Gasteiger partial charge on any atom is -0.394 e. The maximum atomic E-state index is 13.4. The van der Waals surface area contributed by atoms with Crippen LogP contribution in [0.5, 0.6) is 0 Å². The Labute approximate surface area is 207 Å². The zero-order chi connectivity index (χ0) is 25.0. The summed E-state index contributed by atoms with van der Waals surface area (Å²) in [6.45, 7) is 1.27. The van der Waals surface area contributed by atoms with Crippen LogP contribution >= 0.6 is 0 Å². The molecule has 2 fully saturated rings. The summed E-state index contributed by atoms with van der Waals surface area (Å²) in [5.41, 5.74) is 9.20. The fourth-order valence-corrected chi connectivity index (χ4v) is 5.17. The molecule has 0 radical (unpaired) electrons. The van der Waals surface area contributed by atoms with Crippen LogP contribution in [-0.4, -0.2) is 67.9 Å². The molecule has 8 heteroatoms. The predicted octanol–water partition coefficient (Wildman–Crippen LogP) is 2.27. The molecule has 186 valence electrons. The fraction of sp³-hybridized carbons (Fsp3) is 0.444. The average Bonchev–Trinajstić information content (AvgIpc) is 3.64. The van der Waals surface area contributed by atoms with Crippen molar-refractivity contribution in [1.29, 1.82) is 0 Å². The molecular weight excluding hydrogens is 440 g/mol. The number of amides is 1. The molecule has 1 atom stereocenters. The van der Waals surface area contributed by atoms with E-state index in [2.05, 4.69) is 20.5 Å². The quantitative estimate of drug-likeness (QED) is 0.457. The maximum Gasteiger partial charge on any atom is 0.247 e. The summed E-state index contributed by atoms with van der Waals surface area (Å²) < 4.78 is 0. The number of aromatic nitrogens is 1. The third-order valence-electron chi connectivity index (χ3n) is 7.14. The first kappa shape index (κ1) is 24.9. The van der Waals surface area contributed by atoms with Crippen molar-refractivity contribution in [2.24, 2.45) is 11.7 Å². The topological polar surface area (TPSA) is 104 Å². The molecule has 8 nitrogen and oxygen atoms in total. The molecule has 1 aliphatic carbocycles. The normalized spacial score (nSPS) is 20.4. The number of rotatable bonds is 11. The van der Waals surface area contributed by atoms with Crippen molar-refractivity contribution >= 4 is 28.8 Å². The molecule has 0 bridgehead atoms. The molecule has 0 unspecified atom stereocenters. The van der Waals surface area contributed by atoms with Crippen LogP contribution in [0.1, 0.15) is 30.4 Å². The largest absolute Gasteiger partial charge is 0.394 e. The average molecular weight is 477 g/mol. The van der Waals surface area contributed by atoms with Crippen LogP contribution in [0.15, 0.2) is 48.8 Å². The number of benzene rings is 1. The smallest absolute Gasteiger partial charge is 0.247 e. The van der Waals surface area contributed by atoms with Gasteiger partial charge >= 0.3 is 0 Å². The molecule has 2 aromatic rings. The fourth-order valence-electron chi connectivity index (χ4n) is 5.17. The Bertz CT molecular complexity index is 1110. The number of anilines is 2. The number of likely N-dealkylation sites (N-methyl/N-ethyl adjacent to an activating group) is 1. The first-order valence-electron chi connectivity index (χ1n) is 12.3. The lowest BCUT2D eigenvalue weighted by molar-refractivity contribution is -0.127. The number of ketones is 1. The molecular formula is C27H36N6O2. The first-order chi connectivity index (χ1) is 16.9. The van der Waals surface area contributed by atoms with Crippen LogP contribution in [0.25, 0.3) is 5.57 Å². The monoisotopic (exact) mass is 476 g/mol. The molecule has 0 spiro atoms. The van der Waals surface area contributed by atoms with Gasteiger partial charge in [0.25, 0.3) is 0 Å². The van der Waals surface area contributed by atoms with Crippen molar-refractivity contribution < 1.29 is 9.59 Å². The number of pyridine rings is 1. The molecule has 1 aliphatic heterocycles. The van der Waals surface area contributed by atoms with Crippen molar-refractivity contribution in [2.45, 2.75) is 31.2 Å². The lowest BCUT2D eigenvalue weighted by atomic mass is 9.90. The standard InChI is InChI=1S/C27H36N6O2/c1-29-17-21(16-28)20-6-4-5-19(13-20)14-24(34)18-31-25-15-23(9-11-30-25)33-12-10-27(26(33)35,32(2)3)22-7-8-22/h4-6,9,11,13,15,17,22,29H,7-8,10,12,14,16,18,28H2,1-3H3,(H,30,31)/b21-17+/t27-/m1/s1. The summed E-state index contributed by atoms with van der Waals surface area (Å²) in [6, 6.07) is 11.6. The summed E-state index contributed by atoms with van der Waals surface area (Å²) in [7, 11) is 5.85. The van der Waals surface area contributed by atoms with Crippen LogP contribution in [0.3, 0.4) is 0 Å². The number of Topliss-reactive ketones (excluding diaryl/α,β-unsaturated/α-hetero) is 1. The van der Waals surface area contributed by atoms with Gasteiger partial charge in [-0.15, -0.1) is 0 Å². The number of nitrogens with one attached hydrogen (secondary N) is 2. The Kier molecular flexibility index (Phi) is 7.52. The van der Waals surface area contributed by atoms with Crippen LogP contribution in [-0.2, 0) is 16.0 Å². The minimum absolute atomic E-state index is 0.0545. The van der Waals surface area contributed by atoms with E-state index in [0.29, 0.717) is 31.2 Å². The first-order valence-corrected chi connectivity index (χ1v) is 12.3. The molecule has 1 aromatic heterocycles. The van der Waals surface area contributed by atoms with Crippen molar-refractivity contribution in [3.05, 3.63) is 59.9 Å². The number of hydrogen-bond acceptors (Lipinski definition) is 7. The number of nitrogens with two attached hydrogens (primary N) is 1. The zero-order valence-electron chi connectivity index (χ0n) is 20.9. The molecule has 2 aliphatic rings. The second-order valence-corrected chi connectivity index (χ2v) is 9.63. The molecule has 4 N–H and O–H groups in total. The van der Waals surface area contributed by atoms with Gasteiger partial charge < -0.3 is 21.3 Å². The zero-order valence-corrected chi connectivity index (χ0v) is 20.9. The molecule has 1 saturated heterocycles. The van der Waals surface area contributed by atoms with E-state index in [1.54, 1.807) is 6.20 Å². The molecule has 1 saturated carbocycles. The number of nitrogens with zero attached hydrogens (tertiary/aromatic N) is 3. The summed E-state index contributed by atoms with van der Waals surface area (Å²) in [4.78, 5) is 34.5. The van der Waals surface area contributed by atoms with Crippen molar-refractivity contribution in [2.75, 3.05) is 51.0 Å². The van der Waals surface area contributed by atoms with E-state index in [-0.39, 0.29) is 18.2 Å². The highest BCUT2D eigenvalue weighted by molar-refractivity contribution is 6.03. The van der Waals surface area contributed by atoms with E-state index in [4.69, 9.17) is 5.73 Å². The van der Waals surface area contributed by atoms with Gasteiger partial charge in [0.2, 0.25) is 5.91 Å². The Hall–Kier alpha value is -3.23. The Morgan fingerprint density at radius 1 is 1.29 bits per heavy atom. The van der Waals surface area contributed by atoms with Gasteiger partial charge in [0.15, 0.2) is 5.78 Å². The van der Waals surface area contributed by atoms with Gasteiger partial charge in [-0.3, -0.25) is 14.5 Å². The van der Waals surface area contributed by atoms with Gasteiger partial charge in [-0.25, -0.2) is 4.98 Å². The molecule has 2 heterocycles. The second-order valence-electron chi connectivity index (χ2n) is 9.63. The number of carbonyl (C=O) groups is 2. The predicted molar refractivity (Wildman–Crippen MR) is 140 cm³/mol. The van der Waals surface area contributed by atoms with Gasteiger partial charge in [-0.05, 0) is 62.0 Å². The van der Waals surface area contributed by atoms with E-state index in [1.165, 1.54) is 0 Å². The maximum absolute atomic E-state index is 13.4. The van der Waals surface area contributed by atoms with Gasteiger partial charge in [0.1, 0.15) is 11.4 Å². The van der Waals surface area contributed by atoms with Crippen molar-refractivity contribution in [3.63, 3.8) is 0 Å². The molecule has 1 aromatic carbocycles. The van der Waals surface area contributed by atoms with Crippen molar-refractivity contribution in [1.82, 2.24) is 15.2 Å². The highest BCUT2D eigenvalue weighted by atomic mass is 16.2. The molecule has 4 rings (SSSR count). The highest BCUT2D eigenvalue weighted by Crippen LogP contribution is 2.48. The highest BCUT2D eigenvalue weighted by Gasteiger charge is 2.57. The minimum atomic E-state index is -0.395. The summed E-state index contributed by atoms with van der Waals surface area (Å²) in [5, 5.41) is 6.15. The van der Waals surface area contributed by atoms with E-state index < -0.39 is 5.54 Å². The van der Waals surface area contributed by atoms with Crippen LogP contribution < -0.4 is 21.3 Å². The SMILES string of the molecule is CN/C=C(\CN)c1cccc(CC(=O)CNc2cc(N3CC[C@](C4CC4)(N(C)C)C3=O)ccn2)c1. The lowest BCUT2D eigenvalue weighted by Crippen LogP contribution is -2.52. The second kappa shape index (κ2) is 10.6. The van der Waals surface area contributed by atoms with E-state index >= 15 is 0 Å². The van der Waals surface area contributed by atoms with Gasteiger partial charge in [0.05, 0.1) is 6.54 Å². The van der Waals surface area contributed by atoms with Gasteiger partial charge in [-0.2, -0.15) is 0 Å². The molecule has 35 heavy (non-hydrogen) atoms. The molecule has 1 amide bonds. The number of carbonyl (C=O) groups excluding carboxylic acids is 2. The van der Waals surface area contributed by atoms with Crippen LogP contribution in [0.2, 0.25) is 0 Å². The lowest BCUT2D eigenvalue weighted by Gasteiger charge is -2.34. The van der Waals surface area contributed by atoms with E-state index in [1.807, 2.05) is 68.6 Å². The Morgan fingerprint density at radius 3 is 2.77 bits per heavy atom. The van der Waals surface area contributed by atoms with Crippen LogP contribution in [0, 0.1) is 5.92 Å². The summed E-state index contributed by atoms with van der Waals surface area (Å²) in [6.07, 6.45) is 6.95. The third-order valence-corrected chi connectivity index (χ3v) is 7.14. The van der Waals surface area contributed by atoms with Crippen LogP contribution in [0.4, 0.5) is 11.5 Å². The van der Waals surface area contributed by atoms with E-state index in [9.17, 15) is 9.59 Å². The van der Waals surface area contributed by atoms with Gasteiger partial charge in [0, 0.05) is 50.7 Å². The summed E-state index contributed by atoms with van der Waals surface area (Å²) in [5.74, 6) is 1.26.